The normalized spacial score (nSPS) is 29.1. The number of alkyl halides is 4. The highest BCUT2D eigenvalue weighted by atomic mass is 35.5. The maximum absolute atomic E-state index is 12.7. The van der Waals surface area contributed by atoms with Crippen molar-refractivity contribution in [3.05, 3.63) is 35.9 Å². The molecule has 1 N–H and O–H groups in total. The molecule has 0 aliphatic carbocycles. The van der Waals surface area contributed by atoms with Crippen LogP contribution in [-0.4, -0.2) is 44.9 Å². The van der Waals surface area contributed by atoms with Crippen molar-refractivity contribution in [2.24, 2.45) is 0 Å². The summed E-state index contributed by atoms with van der Waals surface area (Å²) in [5, 5.41) is 1.30. The van der Waals surface area contributed by atoms with Gasteiger partial charge in [0.2, 0.25) is 0 Å². The molecule has 1 heterocycles. The molecule has 2 rings (SSSR count). The Labute approximate surface area is 146 Å². The van der Waals surface area contributed by atoms with Gasteiger partial charge in [-0.1, -0.05) is 60.5 Å². The predicted octanol–water partition coefficient (Wildman–Crippen LogP) is 2.84. The zero-order valence-corrected chi connectivity index (χ0v) is 15.0. The van der Waals surface area contributed by atoms with Gasteiger partial charge in [-0.25, -0.2) is 10.4 Å². The molecular formula is C14H18Cl2F2N2O2S. The molecule has 9 heteroatoms. The Hall–Kier alpha value is -0.310. The summed E-state index contributed by atoms with van der Waals surface area (Å²) in [6.45, 7) is -1.27. The molecule has 0 aromatic heterocycles. The van der Waals surface area contributed by atoms with Crippen LogP contribution in [0.1, 0.15) is 12.5 Å². The van der Waals surface area contributed by atoms with E-state index < -0.39 is 33.5 Å². The molecule has 4 nitrogen and oxygen atoms in total. The molecule has 1 aromatic rings. The van der Waals surface area contributed by atoms with Crippen LogP contribution in [0.15, 0.2) is 30.3 Å². The van der Waals surface area contributed by atoms with E-state index in [0.29, 0.717) is 11.3 Å². The van der Waals surface area contributed by atoms with Gasteiger partial charge in [0.25, 0.3) is 0 Å². The van der Waals surface area contributed by atoms with Crippen molar-refractivity contribution < 1.29 is 17.7 Å². The standard InChI is InChI=1S/C14H18Cl2F2N2O2S/c1-3-23(21)9-13(10-7-5-4-6-8-10)14(15,16)11(20(2)19-13)22-12(17)18/h4-8,11-12,19H,3,9H2,1-2H3. The van der Waals surface area contributed by atoms with Crippen LogP contribution >= 0.6 is 23.2 Å². The number of nitrogens with zero attached hydrogens (tertiary/aromatic N) is 1. The first-order chi connectivity index (χ1) is 10.7. The van der Waals surface area contributed by atoms with Gasteiger partial charge in [-0.15, -0.1) is 0 Å². The summed E-state index contributed by atoms with van der Waals surface area (Å²) in [5.74, 6) is 0.457. The van der Waals surface area contributed by atoms with E-state index in [-0.39, 0.29) is 5.75 Å². The minimum atomic E-state index is -3.04. The van der Waals surface area contributed by atoms with Crippen LogP contribution in [0.2, 0.25) is 0 Å². The average Bonchev–Trinajstić information content (AvgIpc) is 2.69. The van der Waals surface area contributed by atoms with E-state index in [1.54, 1.807) is 31.2 Å². The lowest BCUT2D eigenvalue weighted by Gasteiger charge is -2.38. The SMILES string of the molecule is CCS(=O)CC1(c2ccccc2)NN(C)C(OC(F)F)C1(Cl)Cl. The highest BCUT2D eigenvalue weighted by molar-refractivity contribution is 7.85. The first-order valence-corrected chi connectivity index (χ1v) is 9.21. The molecule has 3 unspecified atom stereocenters. The van der Waals surface area contributed by atoms with Crippen LogP contribution in [0.3, 0.4) is 0 Å². The lowest BCUT2D eigenvalue weighted by atomic mass is 9.89. The van der Waals surface area contributed by atoms with Gasteiger partial charge in [0.15, 0.2) is 10.6 Å². The maximum Gasteiger partial charge on any atom is 0.346 e. The summed E-state index contributed by atoms with van der Waals surface area (Å²) in [5.41, 5.74) is 2.45. The van der Waals surface area contributed by atoms with E-state index in [9.17, 15) is 13.0 Å². The van der Waals surface area contributed by atoms with Crippen LogP contribution in [0, 0.1) is 0 Å². The monoisotopic (exact) mass is 386 g/mol. The first kappa shape index (κ1) is 19.0. The summed E-state index contributed by atoms with van der Waals surface area (Å²) in [6.07, 6.45) is -1.31. The summed E-state index contributed by atoms with van der Waals surface area (Å²) < 4.78 is 40.5. The van der Waals surface area contributed by atoms with E-state index in [0.717, 1.165) is 0 Å². The van der Waals surface area contributed by atoms with Gasteiger partial charge in [-0.05, 0) is 5.56 Å². The number of hydrazine groups is 1. The molecule has 0 amide bonds. The van der Waals surface area contributed by atoms with Gasteiger partial charge >= 0.3 is 6.61 Å². The second-order valence-corrected chi connectivity index (χ2v) is 8.37. The molecule has 1 aromatic carbocycles. The Balaban J connectivity index is 2.51. The first-order valence-electron chi connectivity index (χ1n) is 6.97. The molecule has 1 saturated heterocycles. The second-order valence-electron chi connectivity index (χ2n) is 5.24. The van der Waals surface area contributed by atoms with E-state index >= 15 is 0 Å². The van der Waals surface area contributed by atoms with Crippen molar-refractivity contribution in [3.8, 4) is 0 Å². The van der Waals surface area contributed by atoms with E-state index in [1.807, 2.05) is 6.07 Å². The Morgan fingerprint density at radius 1 is 1.39 bits per heavy atom. The molecule has 130 valence electrons. The van der Waals surface area contributed by atoms with E-state index in [4.69, 9.17) is 23.2 Å². The van der Waals surface area contributed by atoms with Gasteiger partial charge < -0.3 is 0 Å². The van der Waals surface area contributed by atoms with Gasteiger partial charge in [0.1, 0.15) is 5.54 Å². The average molecular weight is 387 g/mol. The maximum atomic E-state index is 12.7. The Bertz CT molecular complexity index is 565. The Kier molecular flexibility index (Phi) is 6.03. The van der Waals surface area contributed by atoms with Gasteiger partial charge in [0.05, 0.1) is 5.75 Å². The van der Waals surface area contributed by atoms with Crippen molar-refractivity contribution in [2.75, 3.05) is 18.6 Å². The van der Waals surface area contributed by atoms with Crippen LogP contribution in [0.25, 0.3) is 0 Å². The van der Waals surface area contributed by atoms with Crippen molar-refractivity contribution >= 4 is 34.0 Å². The summed E-state index contributed by atoms with van der Waals surface area (Å²) in [7, 11) is 0.259. The lowest BCUT2D eigenvalue weighted by molar-refractivity contribution is -0.197. The number of nitrogens with one attached hydrogen (secondary N) is 1. The molecule has 3 atom stereocenters. The highest BCUT2D eigenvalue weighted by Gasteiger charge is 2.64. The largest absolute Gasteiger partial charge is 0.346 e. The zero-order chi connectivity index (χ0) is 17.3. The second kappa shape index (κ2) is 7.29. The van der Waals surface area contributed by atoms with Crippen molar-refractivity contribution in [1.82, 2.24) is 10.4 Å². The fourth-order valence-corrected chi connectivity index (χ4v) is 4.83. The molecule has 1 aliphatic heterocycles. The van der Waals surface area contributed by atoms with Crippen LogP contribution in [-0.2, 0) is 21.1 Å². The summed E-state index contributed by atoms with van der Waals surface area (Å²) in [6, 6.07) is 8.89. The number of hydrogen-bond donors (Lipinski definition) is 1. The van der Waals surface area contributed by atoms with E-state index in [2.05, 4.69) is 10.2 Å². The third-order valence-corrected chi connectivity index (χ3v) is 6.21. The van der Waals surface area contributed by atoms with E-state index in [1.165, 1.54) is 12.1 Å². The predicted molar refractivity (Wildman–Crippen MR) is 87.9 cm³/mol. The number of hydrogen-bond acceptors (Lipinski definition) is 4. The minimum Gasteiger partial charge on any atom is -0.299 e. The smallest absolute Gasteiger partial charge is 0.299 e. The number of benzene rings is 1. The lowest BCUT2D eigenvalue weighted by Crippen LogP contribution is -2.54. The molecule has 0 spiro atoms. The summed E-state index contributed by atoms with van der Waals surface area (Å²) in [4.78, 5) is 0. The molecule has 0 saturated carbocycles. The van der Waals surface area contributed by atoms with Gasteiger partial charge in [-0.3, -0.25) is 8.95 Å². The quantitative estimate of drug-likeness (QED) is 0.763. The fraction of sp³-hybridized carbons (Fsp3) is 0.571. The van der Waals surface area contributed by atoms with Crippen LogP contribution < -0.4 is 5.43 Å². The number of halogens is 4. The molecule has 1 aliphatic rings. The number of rotatable bonds is 6. The molecule has 0 bridgehead atoms. The molecule has 0 radical (unpaired) electrons. The van der Waals surface area contributed by atoms with Crippen molar-refractivity contribution in [2.45, 2.75) is 29.6 Å². The molecule has 1 fully saturated rings. The van der Waals surface area contributed by atoms with Gasteiger partial charge in [-0.2, -0.15) is 8.78 Å². The third-order valence-electron chi connectivity index (χ3n) is 3.80. The number of ether oxygens (including phenoxy) is 1. The molecule has 23 heavy (non-hydrogen) atoms. The summed E-state index contributed by atoms with van der Waals surface area (Å²) >= 11 is 13.0. The Morgan fingerprint density at radius 3 is 2.52 bits per heavy atom. The van der Waals surface area contributed by atoms with Crippen LogP contribution in [0.5, 0.6) is 0 Å². The zero-order valence-electron chi connectivity index (χ0n) is 12.6. The topological polar surface area (TPSA) is 41.6 Å². The van der Waals surface area contributed by atoms with Gasteiger partial charge in [0, 0.05) is 23.6 Å². The minimum absolute atomic E-state index is 0.0634. The van der Waals surface area contributed by atoms with Crippen LogP contribution in [0.4, 0.5) is 8.78 Å². The Morgan fingerprint density at radius 2 is 2.00 bits per heavy atom. The molecular weight excluding hydrogens is 369 g/mol. The fourth-order valence-electron chi connectivity index (χ4n) is 2.70. The third kappa shape index (κ3) is 3.55. The van der Waals surface area contributed by atoms with Crippen molar-refractivity contribution in [1.29, 1.82) is 0 Å². The van der Waals surface area contributed by atoms with Crippen molar-refractivity contribution in [3.63, 3.8) is 0 Å². The highest BCUT2D eigenvalue weighted by Crippen LogP contribution is 2.50.